The maximum absolute atomic E-state index is 15.0. The van der Waals surface area contributed by atoms with Crippen molar-refractivity contribution in [2.45, 2.75) is 44.2 Å². The van der Waals surface area contributed by atoms with Gasteiger partial charge in [0.1, 0.15) is 16.6 Å². The zero-order valence-electron chi connectivity index (χ0n) is 19.5. The van der Waals surface area contributed by atoms with Crippen molar-refractivity contribution < 1.29 is 22.3 Å². The summed E-state index contributed by atoms with van der Waals surface area (Å²) in [6.45, 7) is 2.80. The van der Waals surface area contributed by atoms with E-state index in [2.05, 4.69) is 25.5 Å². The number of aromatic nitrogens is 5. The van der Waals surface area contributed by atoms with Gasteiger partial charge >= 0.3 is 6.18 Å². The number of fused-ring (bicyclic) bond motifs is 1. The largest absolute Gasteiger partial charge is 0.416 e. The normalized spacial score (nSPS) is 20.5. The second kappa shape index (κ2) is 8.89. The third-order valence-electron chi connectivity index (χ3n) is 6.37. The monoisotopic (exact) mass is 534 g/mol. The van der Waals surface area contributed by atoms with Gasteiger partial charge in [0.25, 0.3) is 0 Å². The molecule has 2 atom stereocenters. The molecule has 14 heteroatoms. The van der Waals surface area contributed by atoms with Gasteiger partial charge in [0.15, 0.2) is 10.8 Å². The predicted octanol–water partition coefficient (Wildman–Crippen LogP) is 4.69. The van der Waals surface area contributed by atoms with Crippen LogP contribution in [0.15, 0.2) is 30.6 Å². The number of thiazole rings is 1. The van der Waals surface area contributed by atoms with Gasteiger partial charge in [0.05, 0.1) is 36.1 Å². The van der Waals surface area contributed by atoms with E-state index < -0.39 is 17.6 Å². The molecule has 3 aromatic heterocycles. The first kappa shape index (κ1) is 24.0. The fraction of sp³-hybridized carbons (Fsp3) is 0.391. The van der Waals surface area contributed by atoms with Gasteiger partial charge in [0, 0.05) is 23.9 Å². The lowest BCUT2D eigenvalue weighted by Gasteiger charge is -2.36. The number of rotatable bonds is 5. The summed E-state index contributed by atoms with van der Waals surface area (Å²) in [4.78, 5) is 15.5. The molecule has 2 fully saturated rings. The number of halogens is 4. The van der Waals surface area contributed by atoms with Crippen LogP contribution >= 0.6 is 11.3 Å². The van der Waals surface area contributed by atoms with Crippen molar-refractivity contribution in [2.75, 3.05) is 23.4 Å². The highest BCUT2D eigenvalue weighted by atomic mass is 32.1. The summed E-state index contributed by atoms with van der Waals surface area (Å²) in [5, 5.41) is 4.77. The number of benzene rings is 1. The average molecular weight is 535 g/mol. The number of nitrogen functional groups attached to an aromatic ring is 1. The van der Waals surface area contributed by atoms with Gasteiger partial charge in [0.2, 0.25) is 5.95 Å². The first-order valence-corrected chi connectivity index (χ1v) is 12.5. The molecule has 2 aliphatic rings. The molecule has 0 amide bonds. The summed E-state index contributed by atoms with van der Waals surface area (Å²) in [6, 6.07) is 2.82. The van der Waals surface area contributed by atoms with Crippen molar-refractivity contribution in [1.29, 1.82) is 0 Å². The highest BCUT2D eigenvalue weighted by Gasteiger charge is 2.33. The molecule has 6 rings (SSSR count). The fourth-order valence-electron chi connectivity index (χ4n) is 4.44. The topological polar surface area (TPSA) is 107 Å². The summed E-state index contributed by atoms with van der Waals surface area (Å²) < 4.78 is 62.9. The van der Waals surface area contributed by atoms with Crippen molar-refractivity contribution in [3.63, 3.8) is 0 Å². The Bertz CT molecular complexity index is 1470. The molecule has 1 saturated carbocycles. The van der Waals surface area contributed by atoms with Gasteiger partial charge in [-0.15, -0.1) is 0 Å². The molecule has 194 valence electrons. The molecule has 4 heterocycles. The summed E-state index contributed by atoms with van der Waals surface area (Å²) in [5.74, 6) is 4.75. The van der Waals surface area contributed by atoms with Crippen LogP contribution in [0.4, 0.5) is 28.6 Å². The number of hydrogen-bond acceptors (Lipinski definition) is 9. The van der Waals surface area contributed by atoms with Crippen LogP contribution in [0.2, 0.25) is 0 Å². The summed E-state index contributed by atoms with van der Waals surface area (Å²) in [6.07, 6.45) is 0.874. The molecule has 1 aromatic carbocycles. The molecule has 37 heavy (non-hydrogen) atoms. The summed E-state index contributed by atoms with van der Waals surface area (Å²) in [7, 11) is 0. The van der Waals surface area contributed by atoms with E-state index in [0.29, 0.717) is 35.0 Å². The van der Waals surface area contributed by atoms with E-state index in [0.717, 1.165) is 41.9 Å². The lowest BCUT2D eigenvalue weighted by atomic mass is 10.1. The van der Waals surface area contributed by atoms with Crippen LogP contribution in [-0.4, -0.2) is 43.9 Å². The Kier molecular flexibility index (Phi) is 5.76. The molecular formula is C23H22F4N8OS. The number of morpholine rings is 1. The van der Waals surface area contributed by atoms with Crippen LogP contribution in [-0.2, 0) is 10.9 Å². The van der Waals surface area contributed by atoms with Crippen molar-refractivity contribution in [2.24, 2.45) is 5.84 Å². The second-order valence-electron chi connectivity index (χ2n) is 9.21. The summed E-state index contributed by atoms with van der Waals surface area (Å²) in [5.41, 5.74) is 2.61. The van der Waals surface area contributed by atoms with E-state index in [1.807, 2.05) is 22.7 Å². The molecular weight excluding hydrogens is 512 g/mol. The Morgan fingerprint density at radius 3 is 2.68 bits per heavy atom. The van der Waals surface area contributed by atoms with Crippen molar-refractivity contribution in [3.8, 4) is 11.3 Å². The quantitative estimate of drug-likeness (QED) is 0.216. The van der Waals surface area contributed by atoms with Gasteiger partial charge in [-0.3, -0.25) is 10.1 Å². The Morgan fingerprint density at radius 2 is 1.97 bits per heavy atom. The number of nitrogens with two attached hydrogens (primary N) is 1. The van der Waals surface area contributed by atoms with Gasteiger partial charge in [-0.25, -0.2) is 15.2 Å². The number of anilines is 2. The van der Waals surface area contributed by atoms with E-state index in [-0.39, 0.29) is 35.1 Å². The molecule has 0 spiro atoms. The van der Waals surface area contributed by atoms with Crippen LogP contribution in [0, 0.1) is 5.82 Å². The smallest absolute Gasteiger partial charge is 0.367 e. The minimum absolute atomic E-state index is 0.0857. The zero-order valence-corrected chi connectivity index (χ0v) is 20.4. The molecule has 3 N–H and O–H groups in total. The van der Waals surface area contributed by atoms with Gasteiger partial charge in [-0.1, -0.05) is 11.3 Å². The first-order chi connectivity index (χ1) is 17.7. The maximum Gasteiger partial charge on any atom is 0.416 e. The molecule has 0 bridgehead atoms. The standard InChI is InChI=1S/C23H22F4N8OS/c1-11-8-34(10-17(36-11)12-7-29-35(9-12)14-3-4-14)21-30-18(19-20(31-21)32-22(33-28)37-19)15-5-2-13(6-16(15)24)23(25,26)27/h2,5-7,9,11,14,17H,3-4,8,10,28H2,1H3,(H,30,31,32,33)/t11-,17-/m1/s1. The Balaban J connectivity index is 1.40. The third kappa shape index (κ3) is 4.60. The highest BCUT2D eigenvalue weighted by Crippen LogP contribution is 2.39. The van der Waals surface area contributed by atoms with Crippen molar-refractivity contribution in [3.05, 3.63) is 47.5 Å². The SMILES string of the molecule is C[C@@H]1CN(c2nc(-c3ccc(C(F)(F)F)cc3F)c3sc(NN)nc3n2)C[C@H](c2cnn(C3CC3)c2)O1. The minimum atomic E-state index is -4.67. The second-order valence-corrected chi connectivity index (χ2v) is 10.2. The Hall–Kier alpha value is -3.36. The predicted molar refractivity (Wildman–Crippen MR) is 129 cm³/mol. The number of hydrazine groups is 1. The van der Waals surface area contributed by atoms with Crippen molar-refractivity contribution >= 4 is 32.8 Å². The van der Waals surface area contributed by atoms with E-state index in [1.165, 1.54) is 0 Å². The molecule has 1 saturated heterocycles. The van der Waals surface area contributed by atoms with Crippen LogP contribution in [0.1, 0.15) is 43.0 Å². The molecule has 4 aromatic rings. The van der Waals surface area contributed by atoms with E-state index in [4.69, 9.17) is 10.6 Å². The van der Waals surface area contributed by atoms with Crippen LogP contribution < -0.4 is 16.2 Å². The lowest BCUT2D eigenvalue weighted by Crippen LogP contribution is -2.43. The maximum atomic E-state index is 15.0. The third-order valence-corrected chi connectivity index (χ3v) is 7.36. The first-order valence-electron chi connectivity index (χ1n) is 11.7. The van der Waals surface area contributed by atoms with Crippen LogP contribution in [0.3, 0.4) is 0 Å². The fourth-order valence-corrected chi connectivity index (χ4v) is 5.26. The van der Waals surface area contributed by atoms with Gasteiger partial charge in [-0.05, 0) is 38.0 Å². The Morgan fingerprint density at radius 1 is 1.16 bits per heavy atom. The number of nitrogens with zero attached hydrogens (tertiary/aromatic N) is 6. The zero-order chi connectivity index (χ0) is 25.9. The van der Waals surface area contributed by atoms with Crippen molar-refractivity contribution in [1.82, 2.24) is 24.7 Å². The molecule has 0 unspecified atom stereocenters. The van der Waals surface area contributed by atoms with Crippen LogP contribution in [0.5, 0.6) is 0 Å². The molecule has 9 nitrogen and oxygen atoms in total. The van der Waals surface area contributed by atoms with Gasteiger partial charge < -0.3 is 9.64 Å². The highest BCUT2D eigenvalue weighted by molar-refractivity contribution is 7.22. The van der Waals surface area contributed by atoms with E-state index in [9.17, 15) is 13.2 Å². The molecule has 0 radical (unpaired) electrons. The number of ether oxygens (including phenoxy) is 1. The Labute approximate surface area is 212 Å². The number of alkyl halides is 3. The van der Waals surface area contributed by atoms with E-state index >= 15 is 4.39 Å². The van der Waals surface area contributed by atoms with Gasteiger partial charge in [-0.2, -0.15) is 28.2 Å². The summed E-state index contributed by atoms with van der Waals surface area (Å²) >= 11 is 1.09. The number of nitrogens with one attached hydrogen (secondary N) is 1. The van der Waals surface area contributed by atoms with Crippen LogP contribution in [0.25, 0.3) is 21.6 Å². The number of hydrogen-bond donors (Lipinski definition) is 2. The molecule has 1 aliphatic carbocycles. The average Bonchev–Trinajstić information content (AvgIpc) is 3.43. The van der Waals surface area contributed by atoms with E-state index in [1.54, 1.807) is 6.20 Å². The lowest BCUT2D eigenvalue weighted by molar-refractivity contribution is -0.137. The minimum Gasteiger partial charge on any atom is -0.367 e. The molecule has 1 aliphatic heterocycles.